The number of aliphatic carboxylic acids is 1. The van der Waals surface area contributed by atoms with Crippen LogP contribution >= 0.6 is 11.6 Å². The van der Waals surface area contributed by atoms with Crippen LogP contribution in [0.5, 0.6) is 11.5 Å². The smallest absolute Gasteiger partial charge is 0.337 e. The number of hydrogen-bond donors (Lipinski definition) is 1. The van der Waals surface area contributed by atoms with Crippen LogP contribution in [0, 0.1) is 6.92 Å². The molecule has 6 nitrogen and oxygen atoms in total. The molecule has 1 heterocycles. The van der Waals surface area contributed by atoms with Crippen LogP contribution in [0.15, 0.2) is 42.5 Å². The molecule has 0 saturated heterocycles. The van der Waals surface area contributed by atoms with Gasteiger partial charge in [0.2, 0.25) is 0 Å². The van der Waals surface area contributed by atoms with Crippen molar-refractivity contribution in [2.45, 2.75) is 13.5 Å². The molecule has 2 aromatic carbocycles. The molecule has 7 heteroatoms. The van der Waals surface area contributed by atoms with Crippen molar-refractivity contribution in [1.29, 1.82) is 0 Å². The maximum Gasteiger partial charge on any atom is 0.337 e. The Hall–Kier alpha value is -2.99. The lowest BCUT2D eigenvalue weighted by Crippen LogP contribution is -2.09. The Morgan fingerprint density at radius 3 is 2.46 bits per heavy atom. The minimum absolute atomic E-state index is 0.186. The van der Waals surface area contributed by atoms with Gasteiger partial charge >= 0.3 is 11.9 Å². The first-order valence-electron chi connectivity index (χ1n) is 7.77. The molecule has 0 saturated carbocycles. The second kappa shape index (κ2) is 7.09. The minimum atomic E-state index is -0.950. The molecule has 0 aliphatic carbocycles. The van der Waals surface area contributed by atoms with Gasteiger partial charge in [-0.1, -0.05) is 11.6 Å². The SMILES string of the molecule is COC(=O)c1ccc(Oc2c(C)n(CC(=O)O)c3ccc(Cl)cc23)cc1. The number of aromatic nitrogens is 1. The number of esters is 1. The molecule has 1 N–H and O–H groups in total. The van der Waals surface area contributed by atoms with Gasteiger partial charge in [-0.15, -0.1) is 0 Å². The average Bonchev–Trinajstić information content (AvgIpc) is 2.86. The van der Waals surface area contributed by atoms with Crippen molar-refractivity contribution < 1.29 is 24.2 Å². The molecule has 0 bridgehead atoms. The number of hydrogen-bond acceptors (Lipinski definition) is 4. The van der Waals surface area contributed by atoms with Crippen LogP contribution < -0.4 is 4.74 Å². The van der Waals surface area contributed by atoms with E-state index in [0.29, 0.717) is 33.2 Å². The van der Waals surface area contributed by atoms with Crippen molar-refractivity contribution in [3.05, 3.63) is 58.7 Å². The van der Waals surface area contributed by atoms with Gasteiger partial charge in [-0.3, -0.25) is 4.79 Å². The lowest BCUT2D eigenvalue weighted by Gasteiger charge is -2.08. The fraction of sp³-hybridized carbons (Fsp3) is 0.158. The highest BCUT2D eigenvalue weighted by Crippen LogP contribution is 2.37. The topological polar surface area (TPSA) is 77.8 Å². The monoisotopic (exact) mass is 373 g/mol. The lowest BCUT2D eigenvalue weighted by atomic mass is 10.2. The van der Waals surface area contributed by atoms with E-state index in [4.69, 9.17) is 16.3 Å². The maximum atomic E-state index is 11.5. The molecule has 0 aliphatic rings. The van der Waals surface area contributed by atoms with Crippen LogP contribution in [0.3, 0.4) is 0 Å². The zero-order valence-corrected chi connectivity index (χ0v) is 14.9. The Morgan fingerprint density at radius 1 is 1.15 bits per heavy atom. The van der Waals surface area contributed by atoms with E-state index in [-0.39, 0.29) is 6.54 Å². The van der Waals surface area contributed by atoms with Gasteiger partial charge in [0.25, 0.3) is 0 Å². The van der Waals surface area contributed by atoms with Crippen molar-refractivity contribution in [2.75, 3.05) is 7.11 Å². The first kappa shape index (κ1) is 17.8. The molecule has 0 unspecified atom stereocenters. The number of fused-ring (bicyclic) bond motifs is 1. The lowest BCUT2D eigenvalue weighted by molar-refractivity contribution is -0.137. The van der Waals surface area contributed by atoms with Crippen LogP contribution in [0.2, 0.25) is 5.02 Å². The first-order chi connectivity index (χ1) is 12.4. The summed E-state index contributed by atoms with van der Waals surface area (Å²) in [6.07, 6.45) is 0. The second-order valence-electron chi connectivity index (χ2n) is 5.67. The number of methoxy groups -OCH3 is 1. The molecule has 3 aromatic rings. The predicted octanol–water partition coefficient (Wildman–Crippen LogP) is 4.27. The number of ether oxygens (including phenoxy) is 2. The Kier molecular flexibility index (Phi) is 4.86. The highest BCUT2D eigenvalue weighted by molar-refractivity contribution is 6.31. The predicted molar refractivity (Wildman–Crippen MR) is 97.2 cm³/mol. The molecule has 0 spiro atoms. The van der Waals surface area contributed by atoms with Crippen LogP contribution in [0.25, 0.3) is 10.9 Å². The molecule has 3 rings (SSSR count). The first-order valence-corrected chi connectivity index (χ1v) is 8.15. The molecular weight excluding hydrogens is 358 g/mol. The molecule has 1 aromatic heterocycles. The van der Waals surface area contributed by atoms with Gasteiger partial charge in [-0.25, -0.2) is 4.79 Å². The van der Waals surface area contributed by atoms with Crippen molar-refractivity contribution in [1.82, 2.24) is 4.57 Å². The zero-order valence-electron chi connectivity index (χ0n) is 14.2. The van der Waals surface area contributed by atoms with Gasteiger partial charge in [-0.2, -0.15) is 0 Å². The van der Waals surface area contributed by atoms with Gasteiger partial charge < -0.3 is 19.1 Å². The summed E-state index contributed by atoms with van der Waals surface area (Å²) >= 11 is 6.10. The van der Waals surface area contributed by atoms with Crippen LogP contribution in [-0.2, 0) is 16.1 Å². The normalized spacial score (nSPS) is 10.7. The summed E-state index contributed by atoms with van der Waals surface area (Å²) in [6, 6.07) is 11.7. The van der Waals surface area contributed by atoms with Crippen molar-refractivity contribution in [2.24, 2.45) is 0 Å². The number of carboxylic acid groups (broad SMARTS) is 1. The Bertz CT molecular complexity index is 991. The second-order valence-corrected chi connectivity index (χ2v) is 6.11. The third-order valence-corrected chi connectivity index (χ3v) is 4.25. The van der Waals surface area contributed by atoms with E-state index in [0.717, 1.165) is 5.52 Å². The average molecular weight is 374 g/mol. The number of carboxylic acids is 1. The highest BCUT2D eigenvalue weighted by Gasteiger charge is 2.18. The summed E-state index contributed by atoms with van der Waals surface area (Å²) in [5.41, 5.74) is 1.80. The molecule has 134 valence electrons. The van der Waals surface area contributed by atoms with Gasteiger partial charge in [0.15, 0.2) is 5.75 Å². The Morgan fingerprint density at radius 2 is 1.85 bits per heavy atom. The van der Waals surface area contributed by atoms with E-state index >= 15 is 0 Å². The number of benzene rings is 2. The highest BCUT2D eigenvalue weighted by atomic mass is 35.5. The number of halogens is 1. The fourth-order valence-corrected chi connectivity index (χ4v) is 2.96. The van der Waals surface area contributed by atoms with E-state index in [2.05, 4.69) is 4.74 Å². The molecular formula is C19H16ClNO5. The van der Waals surface area contributed by atoms with Crippen molar-refractivity contribution >= 4 is 34.4 Å². The summed E-state index contributed by atoms with van der Waals surface area (Å²) in [6.45, 7) is 1.60. The van der Waals surface area contributed by atoms with Gasteiger partial charge in [0.1, 0.15) is 12.3 Å². The Labute approximate surface area is 154 Å². The zero-order chi connectivity index (χ0) is 18.8. The summed E-state index contributed by atoms with van der Waals surface area (Å²) in [4.78, 5) is 22.7. The quantitative estimate of drug-likeness (QED) is 0.676. The van der Waals surface area contributed by atoms with Gasteiger partial charge in [0, 0.05) is 10.4 Å². The molecule has 0 aliphatic heterocycles. The summed E-state index contributed by atoms with van der Waals surface area (Å²) in [5.74, 6) is -0.351. The van der Waals surface area contributed by atoms with Crippen LogP contribution in [-0.4, -0.2) is 28.7 Å². The van der Waals surface area contributed by atoms with E-state index in [1.165, 1.54) is 7.11 Å². The summed E-state index contributed by atoms with van der Waals surface area (Å²) in [7, 11) is 1.32. The summed E-state index contributed by atoms with van der Waals surface area (Å²) < 4.78 is 12.3. The van der Waals surface area contributed by atoms with Crippen LogP contribution in [0.4, 0.5) is 0 Å². The molecule has 26 heavy (non-hydrogen) atoms. The standard InChI is InChI=1S/C19H16ClNO5/c1-11-18(26-14-6-3-12(4-7-14)19(24)25-2)15-9-13(20)5-8-16(15)21(11)10-17(22)23/h3-9H,10H2,1-2H3,(H,22,23). The largest absolute Gasteiger partial charge is 0.480 e. The number of carbonyl (C=O) groups is 2. The third-order valence-electron chi connectivity index (χ3n) is 4.02. The van der Waals surface area contributed by atoms with Gasteiger partial charge in [-0.05, 0) is 49.4 Å². The van der Waals surface area contributed by atoms with Crippen LogP contribution in [0.1, 0.15) is 16.1 Å². The Balaban J connectivity index is 2.04. The molecule has 0 atom stereocenters. The van der Waals surface area contributed by atoms with E-state index in [1.807, 2.05) is 0 Å². The number of nitrogens with zero attached hydrogens (tertiary/aromatic N) is 1. The van der Waals surface area contributed by atoms with E-state index in [1.54, 1.807) is 54.0 Å². The molecule has 0 fully saturated rings. The van der Waals surface area contributed by atoms with E-state index in [9.17, 15) is 14.7 Å². The number of rotatable bonds is 5. The van der Waals surface area contributed by atoms with Crippen molar-refractivity contribution in [3.8, 4) is 11.5 Å². The fourth-order valence-electron chi connectivity index (χ4n) is 2.79. The number of carbonyl (C=O) groups excluding carboxylic acids is 1. The maximum absolute atomic E-state index is 11.5. The van der Waals surface area contributed by atoms with E-state index < -0.39 is 11.9 Å². The molecule has 0 radical (unpaired) electrons. The minimum Gasteiger partial charge on any atom is -0.480 e. The molecule has 0 amide bonds. The van der Waals surface area contributed by atoms with Crippen molar-refractivity contribution in [3.63, 3.8) is 0 Å². The summed E-state index contributed by atoms with van der Waals surface area (Å²) in [5, 5.41) is 10.4. The van der Waals surface area contributed by atoms with Gasteiger partial charge in [0.05, 0.1) is 23.9 Å². The third kappa shape index (κ3) is 3.36.